The maximum Gasteiger partial charge on any atom is 0.240 e. The summed E-state index contributed by atoms with van der Waals surface area (Å²) in [5, 5.41) is 0. The second kappa shape index (κ2) is 5.74. The number of hydrogen-bond donors (Lipinski definition) is 2. The van der Waals surface area contributed by atoms with Gasteiger partial charge in [0.25, 0.3) is 0 Å². The summed E-state index contributed by atoms with van der Waals surface area (Å²) in [6.07, 6.45) is 3.51. The number of hydrogen-bond acceptors (Lipinski definition) is 3. The fourth-order valence-electron chi connectivity index (χ4n) is 2.83. The molecule has 3 N–H and O–H groups in total. The van der Waals surface area contributed by atoms with Gasteiger partial charge >= 0.3 is 0 Å². The molecule has 0 radical (unpaired) electrons. The minimum absolute atomic E-state index is 0.267. The van der Waals surface area contributed by atoms with E-state index in [1.807, 2.05) is 13.8 Å². The molecule has 2 rings (SSSR count). The maximum atomic E-state index is 12.3. The van der Waals surface area contributed by atoms with Crippen molar-refractivity contribution in [2.45, 2.75) is 44.9 Å². The Morgan fingerprint density at radius 3 is 2.55 bits per heavy atom. The summed E-state index contributed by atoms with van der Waals surface area (Å²) in [5.41, 5.74) is 8.23. The third kappa shape index (κ3) is 3.15. The predicted octanol–water partition coefficient (Wildman–Crippen LogP) is 2.60. The number of nitrogens with two attached hydrogens (primary N) is 1. The van der Waals surface area contributed by atoms with Gasteiger partial charge in [-0.2, -0.15) is 0 Å². The summed E-state index contributed by atoms with van der Waals surface area (Å²) in [6.45, 7) is 6.49. The average Bonchev–Trinajstić information content (AvgIpc) is 2.78. The van der Waals surface area contributed by atoms with E-state index in [-0.39, 0.29) is 4.90 Å². The van der Waals surface area contributed by atoms with Gasteiger partial charge in [-0.05, 0) is 55.4 Å². The van der Waals surface area contributed by atoms with Gasteiger partial charge in [-0.25, -0.2) is 13.1 Å². The lowest BCUT2D eigenvalue weighted by Gasteiger charge is -2.16. The molecule has 1 saturated carbocycles. The van der Waals surface area contributed by atoms with Crippen LogP contribution in [-0.4, -0.2) is 15.0 Å². The minimum Gasteiger partial charge on any atom is -0.398 e. The van der Waals surface area contributed by atoms with E-state index in [0.717, 1.165) is 17.5 Å². The molecule has 2 atom stereocenters. The monoisotopic (exact) mass is 296 g/mol. The number of benzene rings is 1. The summed E-state index contributed by atoms with van der Waals surface area (Å²) in [7, 11) is -3.46. The van der Waals surface area contributed by atoms with Crippen LogP contribution in [0, 0.1) is 25.7 Å². The van der Waals surface area contributed by atoms with Crippen LogP contribution >= 0.6 is 0 Å². The first-order valence-corrected chi connectivity index (χ1v) is 8.66. The quantitative estimate of drug-likeness (QED) is 0.839. The highest BCUT2D eigenvalue weighted by atomic mass is 32.2. The van der Waals surface area contributed by atoms with E-state index in [1.54, 1.807) is 12.1 Å². The Labute approximate surface area is 121 Å². The lowest BCUT2D eigenvalue weighted by molar-refractivity contribution is 0.414. The number of rotatable bonds is 4. The van der Waals surface area contributed by atoms with Crippen molar-refractivity contribution in [1.82, 2.24) is 4.72 Å². The van der Waals surface area contributed by atoms with Gasteiger partial charge in [0.2, 0.25) is 10.0 Å². The minimum atomic E-state index is -3.46. The van der Waals surface area contributed by atoms with Gasteiger partial charge in [-0.3, -0.25) is 0 Å². The molecule has 0 heterocycles. The number of nitrogen functional groups attached to an aromatic ring is 1. The Morgan fingerprint density at radius 1 is 1.30 bits per heavy atom. The van der Waals surface area contributed by atoms with Crippen molar-refractivity contribution in [2.24, 2.45) is 11.8 Å². The van der Waals surface area contributed by atoms with Crippen LogP contribution in [0.15, 0.2) is 17.0 Å². The number of sulfonamides is 1. The van der Waals surface area contributed by atoms with Crippen molar-refractivity contribution in [3.05, 3.63) is 23.3 Å². The molecule has 1 aliphatic carbocycles. The first-order valence-electron chi connectivity index (χ1n) is 7.17. The SMILES string of the molecule is Cc1cc(S(=O)(=O)NCC2CCCC2C)cc(N)c1C. The predicted molar refractivity (Wildman–Crippen MR) is 82.0 cm³/mol. The zero-order valence-electron chi connectivity index (χ0n) is 12.4. The average molecular weight is 296 g/mol. The Balaban J connectivity index is 2.14. The van der Waals surface area contributed by atoms with E-state index in [2.05, 4.69) is 11.6 Å². The molecule has 1 aromatic rings. The van der Waals surface area contributed by atoms with E-state index in [1.165, 1.54) is 12.8 Å². The third-order valence-corrected chi connectivity index (χ3v) is 5.97. The Bertz CT molecular complexity index is 573. The van der Waals surface area contributed by atoms with Crippen LogP contribution in [0.25, 0.3) is 0 Å². The molecule has 0 amide bonds. The molecule has 4 nitrogen and oxygen atoms in total. The van der Waals surface area contributed by atoms with Crippen LogP contribution in [-0.2, 0) is 10.0 Å². The fourth-order valence-corrected chi connectivity index (χ4v) is 4.05. The van der Waals surface area contributed by atoms with Gasteiger partial charge < -0.3 is 5.73 Å². The van der Waals surface area contributed by atoms with E-state index < -0.39 is 10.0 Å². The lowest BCUT2D eigenvalue weighted by atomic mass is 9.99. The topological polar surface area (TPSA) is 72.2 Å². The van der Waals surface area contributed by atoms with E-state index in [0.29, 0.717) is 24.1 Å². The molecule has 0 bridgehead atoms. The molecule has 0 aromatic heterocycles. The van der Waals surface area contributed by atoms with Crippen LogP contribution in [0.4, 0.5) is 5.69 Å². The second-order valence-electron chi connectivity index (χ2n) is 5.97. The highest BCUT2D eigenvalue weighted by Crippen LogP contribution is 2.31. The molecule has 0 aliphatic heterocycles. The molecule has 5 heteroatoms. The van der Waals surface area contributed by atoms with Crippen molar-refractivity contribution in [1.29, 1.82) is 0 Å². The number of nitrogens with one attached hydrogen (secondary N) is 1. The van der Waals surface area contributed by atoms with E-state index in [4.69, 9.17) is 5.73 Å². The highest BCUT2D eigenvalue weighted by molar-refractivity contribution is 7.89. The van der Waals surface area contributed by atoms with E-state index in [9.17, 15) is 8.42 Å². The molecule has 0 spiro atoms. The normalized spacial score (nSPS) is 23.1. The van der Waals surface area contributed by atoms with Gasteiger partial charge in [0.05, 0.1) is 4.90 Å². The zero-order valence-corrected chi connectivity index (χ0v) is 13.3. The largest absolute Gasteiger partial charge is 0.398 e. The number of anilines is 1. The summed E-state index contributed by atoms with van der Waals surface area (Å²) < 4.78 is 27.4. The first-order chi connectivity index (χ1) is 9.31. The molecule has 1 aromatic carbocycles. The first kappa shape index (κ1) is 15.3. The van der Waals surface area contributed by atoms with Crippen molar-refractivity contribution in [3.63, 3.8) is 0 Å². The van der Waals surface area contributed by atoms with Crippen LogP contribution in [0.5, 0.6) is 0 Å². The van der Waals surface area contributed by atoms with Crippen molar-refractivity contribution >= 4 is 15.7 Å². The molecule has 0 saturated heterocycles. The molecule has 112 valence electrons. The van der Waals surface area contributed by atoms with Crippen LogP contribution in [0.1, 0.15) is 37.3 Å². The summed E-state index contributed by atoms with van der Waals surface area (Å²) >= 11 is 0. The summed E-state index contributed by atoms with van der Waals surface area (Å²) in [4.78, 5) is 0.267. The van der Waals surface area contributed by atoms with Crippen molar-refractivity contribution < 1.29 is 8.42 Å². The Kier molecular flexibility index (Phi) is 4.39. The second-order valence-corrected chi connectivity index (χ2v) is 7.74. The lowest BCUT2D eigenvalue weighted by Crippen LogP contribution is -2.30. The van der Waals surface area contributed by atoms with Crippen LogP contribution in [0.2, 0.25) is 0 Å². The van der Waals surface area contributed by atoms with Gasteiger partial charge in [0.1, 0.15) is 0 Å². The standard InChI is InChI=1S/C15H24N2O2S/c1-10-5-4-6-13(10)9-17-20(18,19)14-7-11(2)12(3)15(16)8-14/h7-8,10,13,17H,4-6,9,16H2,1-3H3. The highest BCUT2D eigenvalue weighted by Gasteiger charge is 2.25. The third-order valence-electron chi connectivity index (χ3n) is 4.57. The van der Waals surface area contributed by atoms with E-state index >= 15 is 0 Å². The molecular weight excluding hydrogens is 272 g/mol. The molecule has 1 fully saturated rings. The van der Waals surface area contributed by atoms with Gasteiger partial charge in [0.15, 0.2) is 0 Å². The molecule has 2 unspecified atom stereocenters. The fraction of sp³-hybridized carbons (Fsp3) is 0.600. The smallest absolute Gasteiger partial charge is 0.240 e. The van der Waals surface area contributed by atoms with Gasteiger partial charge in [0, 0.05) is 12.2 Å². The Hall–Kier alpha value is -1.07. The summed E-state index contributed by atoms with van der Waals surface area (Å²) in [5.74, 6) is 1.05. The number of aryl methyl sites for hydroxylation is 1. The molecular formula is C15H24N2O2S. The van der Waals surface area contributed by atoms with Crippen molar-refractivity contribution in [2.75, 3.05) is 12.3 Å². The Morgan fingerprint density at radius 2 is 2.00 bits per heavy atom. The zero-order chi connectivity index (χ0) is 14.9. The van der Waals surface area contributed by atoms with Crippen LogP contribution in [0.3, 0.4) is 0 Å². The van der Waals surface area contributed by atoms with Gasteiger partial charge in [-0.1, -0.05) is 19.8 Å². The van der Waals surface area contributed by atoms with Gasteiger partial charge in [-0.15, -0.1) is 0 Å². The van der Waals surface area contributed by atoms with Crippen LogP contribution < -0.4 is 10.5 Å². The molecule has 1 aliphatic rings. The maximum absolute atomic E-state index is 12.3. The molecule has 20 heavy (non-hydrogen) atoms. The summed E-state index contributed by atoms with van der Waals surface area (Å²) in [6, 6.07) is 3.23. The van der Waals surface area contributed by atoms with Crippen molar-refractivity contribution in [3.8, 4) is 0 Å².